The molecule has 0 spiro atoms. The maximum absolute atomic E-state index is 6.04. The average Bonchev–Trinajstić information content (AvgIpc) is 2.35. The van der Waals surface area contributed by atoms with Crippen LogP contribution in [-0.4, -0.2) is 23.0 Å². The second-order valence-electron chi connectivity index (χ2n) is 6.47. The summed E-state index contributed by atoms with van der Waals surface area (Å²) in [6.07, 6.45) is 3.33. The molecule has 2 N–H and O–H groups in total. The van der Waals surface area contributed by atoms with Crippen LogP contribution in [0.4, 0.5) is 0 Å². The lowest BCUT2D eigenvalue weighted by Gasteiger charge is -2.31. The van der Waals surface area contributed by atoms with Gasteiger partial charge in [0.05, 0.1) is 0 Å². The minimum absolute atomic E-state index is 0.362. The monoisotopic (exact) mass is 260 g/mol. The van der Waals surface area contributed by atoms with E-state index in [0.29, 0.717) is 18.1 Å². The molecule has 2 heteroatoms. The predicted molar refractivity (Wildman–Crippen MR) is 82.3 cm³/mol. The normalized spacial score (nSPS) is 19.3. The van der Waals surface area contributed by atoms with Crippen LogP contribution < -0.4 is 5.73 Å². The van der Waals surface area contributed by atoms with E-state index in [-0.39, 0.29) is 0 Å². The summed E-state index contributed by atoms with van der Waals surface area (Å²) in [4.78, 5) is 2.54. The average molecular weight is 260 g/mol. The number of aryl methyl sites for hydroxylation is 1. The van der Waals surface area contributed by atoms with Gasteiger partial charge in [0.2, 0.25) is 0 Å². The van der Waals surface area contributed by atoms with Crippen molar-refractivity contribution in [1.82, 2.24) is 4.90 Å². The standard InChI is InChI=1S/C17H28N2/c1-12(2)19(13(3)4)11-14-5-6-16-10-17(18)8-7-15(16)9-14/h5-6,9,12-13,17H,7-8,10-11,18H2,1-4H3. The minimum atomic E-state index is 0.362. The molecule has 0 radical (unpaired) electrons. The van der Waals surface area contributed by atoms with Crippen molar-refractivity contribution in [3.05, 3.63) is 34.9 Å². The van der Waals surface area contributed by atoms with Crippen LogP contribution in [0.1, 0.15) is 50.8 Å². The summed E-state index contributed by atoms with van der Waals surface area (Å²) >= 11 is 0. The lowest BCUT2D eigenvalue weighted by molar-refractivity contribution is 0.166. The van der Waals surface area contributed by atoms with Crippen molar-refractivity contribution in [3.63, 3.8) is 0 Å². The van der Waals surface area contributed by atoms with Gasteiger partial charge in [0.1, 0.15) is 0 Å². The molecular formula is C17H28N2. The van der Waals surface area contributed by atoms with Crippen molar-refractivity contribution >= 4 is 0 Å². The van der Waals surface area contributed by atoms with E-state index in [1.807, 2.05) is 0 Å². The number of benzene rings is 1. The lowest BCUT2D eigenvalue weighted by atomic mass is 9.87. The van der Waals surface area contributed by atoms with Crippen LogP contribution in [-0.2, 0) is 19.4 Å². The third-order valence-electron chi connectivity index (χ3n) is 4.23. The highest BCUT2D eigenvalue weighted by Gasteiger charge is 2.17. The van der Waals surface area contributed by atoms with Crippen LogP contribution >= 0.6 is 0 Å². The number of fused-ring (bicyclic) bond motifs is 1. The molecule has 1 atom stereocenters. The van der Waals surface area contributed by atoms with Crippen LogP contribution in [0.3, 0.4) is 0 Å². The summed E-state index contributed by atoms with van der Waals surface area (Å²) < 4.78 is 0. The van der Waals surface area contributed by atoms with E-state index in [9.17, 15) is 0 Å². The Bertz CT molecular complexity index is 415. The number of hydrogen-bond donors (Lipinski definition) is 1. The third kappa shape index (κ3) is 3.58. The molecule has 1 aliphatic rings. The summed E-state index contributed by atoms with van der Waals surface area (Å²) in [5, 5.41) is 0. The Hall–Kier alpha value is -0.860. The van der Waals surface area contributed by atoms with Gasteiger partial charge in [-0.15, -0.1) is 0 Å². The zero-order valence-electron chi connectivity index (χ0n) is 12.8. The SMILES string of the molecule is CC(C)N(Cc1ccc2c(c1)CCC(N)C2)C(C)C. The molecule has 1 aromatic rings. The van der Waals surface area contributed by atoms with Crippen LogP contribution in [0, 0.1) is 0 Å². The quantitative estimate of drug-likeness (QED) is 0.901. The van der Waals surface area contributed by atoms with Crippen molar-refractivity contribution in [2.24, 2.45) is 5.73 Å². The summed E-state index contributed by atoms with van der Waals surface area (Å²) in [6, 6.07) is 8.52. The number of hydrogen-bond acceptors (Lipinski definition) is 2. The van der Waals surface area contributed by atoms with Crippen LogP contribution in [0.5, 0.6) is 0 Å². The van der Waals surface area contributed by atoms with Gasteiger partial charge in [-0.2, -0.15) is 0 Å². The van der Waals surface area contributed by atoms with Gasteiger partial charge in [-0.1, -0.05) is 18.2 Å². The fraction of sp³-hybridized carbons (Fsp3) is 0.647. The van der Waals surface area contributed by atoms with Gasteiger partial charge in [0.15, 0.2) is 0 Å². The Kier molecular flexibility index (Phi) is 4.64. The maximum Gasteiger partial charge on any atom is 0.0239 e. The van der Waals surface area contributed by atoms with Gasteiger partial charge < -0.3 is 5.73 Å². The topological polar surface area (TPSA) is 29.3 Å². The summed E-state index contributed by atoms with van der Waals surface area (Å²) in [5.74, 6) is 0. The summed E-state index contributed by atoms with van der Waals surface area (Å²) in [7, 11) is 0. The molecule has 0 fully saturated rings. The van der Waals surface area contributed by atoms with Crippen molar-refractivity contribution in [2.75, 3.05) is 0 Å². The molecule has 0 amide bonds. The van der Waals surface area contributed by atoms with Crippen LogP contribution in [0.25, 0.3) is 0 Å². The molecule has 2 rings (SSSR count). The molecule has 1 aliphatic carbocycles. The molecule has 0 aliphatic heterocycles. The van der Waals surface area contributed by atoms with Crippen molar-refractivity contribution < 1.29 is 0 Å². The highest BCUT2D eigenvalue weighted by Crippen LogP contribution is 2.23. The van der Waals surface area contributed by atoms with Gasteiger partial charge in [-0.25, -0.2) is 0 Å². The molecule has 1 unspecified atom stereocenters. The molecule has 2 nitrogen and oxygen atoms in total. The van der Waals surface area contributed by atoms with Gasteiger partial charge in [-0.3, -0.25) is 4.90 Å². The number of nitrogens with two attached hydrogens (primary N) is 1. The first kappa shape index (κ1) is 14.5. The van der Waals surface area contributed by atoms with Crippen molar-refractivity contribution in [3.8, 4) is 0 Å². The van der Waals surface area contributed by atoms with Crippen LogP contribution in [0.15, 0.2) is 18.2 Å². The Balaban J connectivity index is 2.14. The molecule has 0 bridgehead atoms. The van der Waals surface area contributed by atoms with Gasteiger partial charge in [-0.05, 0) is 63.6 Å². The van der Waals surface area contributed by atoms with Crippen molar-refractivity contribution in [2.45, 2.75) is 71.6 Å². The van der Waals surface area contributed by atoms with E-state index in [2.05, 4.69) is 50.8 Å². The first-order valence-corrected chi connectivity index (χ1v) is 7.59. The molecule has 1 aromatic carbocycles. The van der Waals surface area contributed by atoms with E-state index in [4.69, 9.17) is 5.73 Å². The number of rotatable bonds is 4. The van der Waals surface area contributed by atoms with E-state index in [1.165, 1.54) is 16.7 Å². The second-order valence-corrected chi connectivity index (χ2v) is 6.47. The van der Waals surface area contributed by atoms with E-state index in [1.54, 1.807) is 0 Å². The third-order valence-corrected chi connectivity index (χ3v) is 4.23. The smallest absolute Gasteiger partial charge is 0.0239 e. The minimum Gasteiger partial charge on any atom is -0.327 e. The molecule has 19 heavy (non-hydrogen) atoms. The zero-order chi connectivity index (χ0) is 14.0. The largest absolute Gasteiger partial charge is 0.327 e. The first-order valence-electron chi connectivity index (χ1n) is 7.59. The zero-order valence-corrected chi connectivity index (χ0v) is 12.8. The van der Waals surface area contributed by atoms with Crippen molar-refractivity contribution in [1.29, 1.82) is 0 Å². The molecule has 0 aromatic heterocycles. The molecule has 0 heterocycles. The Morgan fingerprint density at radius 3 is 2.47 bits per heavy atom. The van der Waals surface area contributed by atoms with E-state index < -0.39 is 0 Å². The Labute approximate surface area is 118 Å². The lowest BCUT2D eigenvalue weighted by Crippen LogP contribution is -2.36. The first-order chi connectivity index (χ1) is 8.97. The fourth-order valence-corrected chi connectivity index (χ4v) is 3.11. The Morgan fingerprint density at radius 1 is 1.16 bits per heavy atom. The summed E-state index contributed by atoms with van der Waals surface area (Å²) in [5.41, 5.74) is 10.5. The second kappa shape index (κ2) is 6.06. The Morgan fingerprint density at radius 2 is 1.84 bits per heavy atom. The van der Waals surface area contributed by atoms with E-state index in [0.717, 1.165) is 25.8 Å². The summed E-state index contributed by atoms with van der Waals surface area (Å²) in [6.45, 7) is 10.2. The molecular weight excluding hydrogens is 232 g/mol. The highest BCUT2D eigenvalue weighted by atomic mass is 15.2. The highest BCUT2D eigenvalue weighted by molar-refractivity contribution is 5.34. The fourth-order valence-electron chi connectivity index (χ4n) is 3.11. The van der Waals surface area contributed by atoms with E-state index >= 15 is 0 Å². The maximum atomic E-state index is 6.04. The molecule has 0 saturated carbocycles. The van der Waals surface area contributed by atoms with Gasteiger partial charge in [0, 0.05) is 24.7 Å². The number of nitrogens with zero attached hydrogens (tertiary/aromatic N) is 1. The predicted octanol–water partition coefficient (Wildman–Crippen LogP) is 3.12. The molecule has 0 saturated heterocycles. The molecule has 106 valence electrons. The van der Waals surface area contributed by atoms with Gasteiger partial charge >= 0.3 is 0 Å². The van der Waals surface area contributed by atoms with Gasteiger partial charge in [0.25, 0.3) is 0 Å². The van der Waals surface area contributed by atoms with Crippen LogP contribution in [0.2, 0.25) is 0 Å².